The van der Waals surface area contributed by atoms with E-state index in [2.05, 4.69) is 19.9 Å². The number of carbonyl (C=O) groups excluding carboxylic acids is 1. The molecule has 0 aromatic rings. The van der Waals surface area contributed by atoms with Gasteiger partial charge < -0.3 is 0 Å². The van der Waals surface area contributed by atoms with E-state index in [4.69, 9.17) is 0 Å². The summed E-state index contributed by atoms with van der Waals surface area (Å²) in [6.07, 6.45) is 11.4. The summed E-state index contributed by atoms with van der Waals surface area (Å²) in [5.41, 5.74) is 1.13. The maximum absolute atomic E-state index is 11.7. The molecule has 1 saturated carbocycles. The van der Waals surface area contributed by atoms with E-state index in [0.717, 1.165) is 24.8 Å². The lowest BCUT2D eigenvalue weighted by Crippen LogP contribution is -2.10. The summed E-state index contributed by atoms with van der Waals surface area (Å²) in [4.78, 5) is 11.7. The molecule has 1 fully saturated rings. The van der Waals surface area contributed by atoms with Crippen molar-refractivity contribution in [1.29, 1.82) is 0 Å². The number of carbonyl (C=O) groups is 1. The van der Waals surface area contributed by atoms with Crippen LogP contribution in [0.4, 0.5) is 0 Å². The molecule has 0 aliphatic heterocycles. The normalized spacial score (nSPS) is 22.0. The van der Waals surface area contributed by atoms with Crippen LogP contribution in [0.5, 0.6) is 0 Å². The van der Waals surface area contributed by atoms with Crippen molar-refractivity contribution in [2.24, 2.45) is 5.92 Å². The van der Waals surface area contributed by atoms with Crippen LogP contribution >= 0.6 is 0 Å². The van der Waals surface area contributed by atoms with Gasteiger partial charge in [0.25, 0.3) is 0 Å². The number of rotatable bonds is 5. The highest BCUT2D eigenvalue weighted by molar-refractivity contribution is 5.95. The third-order valence-electron chi connectivity index (χ3n) is 3.35. The highest BCUT2D eigenvalue weighted by Gasteiger charge is 2.16. The largest absolute Gasteiger partial charge is 0.295 e. The zero-order valence-electron chi connectivity index (χ0n) is 10.2. The minimum absolute atomic E-state index is 0.413. The second-order valence-corrected chi connectivity index (χ2v) is 4.63. The smallest absolute Gasteiger partial charge is 0.158 e. The van der Waals surface area contributed by atoms with Gasteiger partial charge in [-0.05, 0) is 43.6 Å². The van der Waals surface area contributed by atoms with Gasteiger partial charge in [-0.1, -0.05) is 32.8 Å². The van der Waals surface area contributed by atoms with Gasteiger partial charge in [-0.2, -0.15) is 0 Å². The van der Waals surface area contributed by atoms with Crippen molar-refractivity contribution in [2.75, 3.05) is 0 Å². The molecule has 15 heavy (non-hydrogen) atoms. The molecule has 0 saturated heterocycles. The Morgan fingerprint density at radius 2 is 2.00 bits per heavy atom. The molecule has 0 bridgehead atoms. The minimum atomic E-state index is 0.413. The summed E-state index contributed by atoms with van der Waals surface area (Å²) in [5.74, 6) is 1.05. The summed E-state index contributed by atoms with van der Waals surface area (Å²) < 4.78 is 0. The maximum Gasteiger partial charge on any atom is 0.158 e. The van der Waals surface area contributed by atoms with E-state index in [1.807, 2.05) is 0 Å². The Kier molecular flexibility index (Phi) is 5.67. The first-order chi connectivity index (χ1) is 7.27. The van der Waals surface area contributed by atoms with E-state index in [1.54, 1.807) is 0 Å². The Morgan fingerprint density at radius 1 is 1.27 bits per heavy atom. The first-order valence-corrected chi connectivity index (χ1v) is 6.51. The SMILES string of the molecule is CCCCC(/C=C1/CCCCC1=O)CC. The van der Waals surface area contributed by atoms with Crippen molar-refractivity contribution in [3.63, 3.8) is 0 Å². The second-order valence-electron chi connectivity index (χ2n) is 4.63. The number of hydrogen-bond acceptors (Lipinski definition) is 1. The Labute approximate surface area is 93.9 Å². The molecule has 0 heterocycles. The van der Waals surface area contributed by atoms with Crippen LogP contribution in [0.15, 0.2) is 11.6 Å². The molecule has 1 heteroatoms. The molecular formula is C14H24O. The molecule has 0 amide bonds. The van der Waals surface area contributed by atoms with Gasteiger partial charge in [-0.3, -0.25) is 4.79 Å². The van der Waals surface area contributed by atoms with Gasteiger partial charge in [0.05, 0.1) is 0 Å². The van der Waals surface area contributed by atoms with E-state index in [9.17, 15) is 4.79 Å². The lowest BCUT2D eigenvalue weighted by Gasteiger charge is -2.16. The molecule has 0 aromatic carbocycles. The quantitative estimate of drug-likeness (QED) is 0.616. The molecule has 1 rings (SSSR count). The standard InChI is InChI=1S/C14H24O/c1-3-5-8-12(4-2)11-13-9-6-7-10-14(13)15/h11-12H,3-10H2,1-2H3/b13-11-. The predicted molar refractivity (Wildman–Crippen MR) is 64.9 cm³/mol. The van der Waals surface area contributed by atoms with E-state index in [1.165, 1.54) is 32.1 Å². The third-order valence-corrected chi connectivity index (χ3v) is 3.35. The van der Waals surface area contributed by atoms with Crippen LogP contribution < -0.4 is 0 Å². The Bertz CT molecular complexity index is 227. The summed E-state index contributed by atoms with van der Waals surface area (Å²) in [6.45, 7) is 4.45. The van der Waals surface area contributed by atoms with Crippen molar-refractivity contribution >= 4 is 5.78 Å². The summed E-state index contributed by atoms with van der Waals surface area (Å²) in [7, 11) is 0. The number of hydrogen-bond donors (Lipinski definition) is 0. The summed E-state index contributed by atoms with van der Waals surface area (Å²) >= 11 is 0. The van der Waals surface area contributed by atoms with Crippen molar-refractivity contribution in [1.82, 2.24) is 0 Å². The monoisotopic (exact) mass is 208 g/mol. The Balaban J connectivity index is 2.52. The van der Waals surface area contributed by atoms with Gasteiger partial charge in [-0.15, -0.1) is 0 Å². The van der Waals surface area contributed by atoms with Gasteiger partial charge in [0.2, 0.25) is 0 Å². The Hall–Kier alpha value is -0.590. The van der Waals surface area contributed by atoms with Crippen molar-refractivity contribution in [3.05, 3.63) is 11.6 Å². The first kappa shape index (κ1) is 12.5. The number of unbranched alkanes of at least 4 members (excludes halogenated alkanes) is 1. The van der Waals surface area contributed by atoms with Crippen LogP contribution in [-0.2, 0) is 4.79 Å². The topological polar surface area (TPSA) is 17.1 Å². The third kappa shape index (κ3) is 4.19. The molecule has 0 aromatic heterocycles. The van der Waals surface area contributed by atoms with E-state index in [0.29, 0.717) is 11.7 Å². The van der Waals surface area contributed by atoms with Crippen LogP contribution in [-0.4, -0.2) is 5.78 Å². The van der Waals surface area contributed by atoms with Crippen LogP contribution in [0.25, 0.3) is 0 Å². The van der Waals surface area contributed by atoms with Gasteiger partial charge in [0, 0.05) is 6.42 Å². The maximum atomic E-state index is 11.7. The molecule has 1 aliphatic carbocycles. The van der Waals surface area contributed by atoms with Gasteiger partial charge >= 0.3 is 0 Å². The van der Waals surface area contributed by atoms with E-state index >= 15 is 0 Å². The number of allylic oxidation sites excluding steroid dienone is 2. The molecule has 1 atom stereocenters. The highest BCUT2D eigenvalue weighted by Crippen LogP contribution is 2.24. The average molecular weight is 208 g/mol. The highest BCUT2D eigenvalue weighted by atomic mass is 16.1. The average Bonchev–Trinajstić information content (AvgIpc) is 2.26. The Morgan fingerprint density at radius 3 is 2.60 bits per heavy atom. The minimum Gasteiger partial charge on any atom is -0.295 e. The molecular weight excluding hydrogens is 184 g/mol. The van der Waals surface area contributed by atoms with Crippen molar-refractivity contribution in [3.8, 4) is 0 Å². The molecule has 1 nitrogen and oxygen atoms in total. The van der Waals surface area contributed by atoms with Crippen molar-refractivity contribution in [2.45, 2.75) is 65.2 Å². The second kappa shape index (κ2) is 6.81. The van der Waals surface area contributed by atoms with Gasteiger partial charge in [-0.25, -0.2) is 0 Å². The molecule has 0 N–H and O–H groups in total. The van der Waals surface area contributed by atoms with Crippen LogP contribution in [0.2, 0.25) is 0 Å². The van der Waals surface area contributed by atoms with E-state index in [-0.39, 0.29) is 0 Å². The molecule has 0 radical (unpaired) electrons. The summed E-state index contributed by atoms with van der Waals surface area (Å²) in [5, 5.41) is 0. The van der Waals surface area contributed by atoms with Gasteiger partial charge in [0.15, 0.2) is 5.78 Å². The lowest BCUT2D eigenvalue weighted by atomic mass is 9.88. The molecule has 0 spiro atoms. The number of Topliss-reactive ketones (excluding diaryl/α,β-unsaturated/α-hetero) is 1. The first-order valence-electron chi connectivity index (χ1n) is 6.51. The predicted octanol–water partition coefficient (Wildman–Crippen LogP) is 4.27. The number of ketones is 1. The molecule has 1 aliphatic rings. The fourth-order valence-electron chi connectivity index (χ4n) is 2.23. The zero-order valence-corrected chi connectivity index (χ0v) is 10.2. The van der Waals surface area contributed by atoms with Crippen molar-refractivity contribution < 1.29 is 4.79 Å². The van der Waals surface area contributed by atoms with Crippen LogP contribution in [0.3, 0.4) is 0 Å². The lowest BCUT2D eigenvalue weighted by molar-refractivity contribution is -0.116. The van der Waals surface area contributed by atoms with Crippen LogP contribution in [0.1, 0.15) is 65.2 Å². The van der Waals surface area contributed by atoms with Gasteiger partial charge in [0.1, 0.15) is 0 Å². The molecule has 86 valence electrons. The zero-order chi connectivity index (χ0) is 11.1. The summed E-state index contributed by atoms with van der Waals surface area (Å²) in [6, 6.07) is 0. The molecule has 1 unspecified atom stereocenters. The fraction of sp³-hybridized carbons (Fsp3) is 0.786. The fourth-order valence-corrected chi connectivity index (χ4v) is 2.23. The van der Waals surface area contributed by atoms with Crippen LogP contribution in [0, 0.1) is 5.92 Å². The van der Waals surface area contributed by atoms with E-state index < -0.39 is 0 Å².